The number of benzene rings is 1. The minimum absolute atomic E-state index is 1.12. The van der Waals surface area contributed by atoms with Crippen molar-refractivity contribution >= 4 is 5.69 Å². The maximum Gasteiger partial charge on any atom is 0.0372 e. The third-order valence-electron chi connectivity index (χ3n) is 2.42. The molecular weight excluding hydrogens is 158 g/mol. The molecule has 0 heterocycles. The summed E-state index contributed by atoms with van der Waals surface area (Å²) in [5, 5.41) is 3.25. The summed E-state index contributed by atoms with van der Waals surface area (Å²) < 4.78 is 0. The second-order valence-electron chi connectivity index (χ2n) is 3.30. The molecule has 1 rings (SSSR count). The van der Waals surface area contributed by atoms with Crippen LogP contribution in [0.25, 0.3) is 0 Å². The molecule has 0 radical (unpaired) electrons. The van der Waals surface area contributed by atoms with Gasteiger partial charge >= 0.3 is 0 Å². The van der Waals surface area contributed by atoms with E-state index in [0.717, 1.165) is 6.42 Å². The zero-order valence-electron chi connectivity index (χ0n) is 8.85. The monoisotopic (exact) mass is 177 g/mol. The van der Waals surface area contributed by atoms with E-state index < -0.39 is 0 Å². The number of nitrogens with one attached hydrogen (secondary N) is 1. The zero-order valence-corrected chi connectivity index (χ0v) is 8.85. The molecule has 1 nitrogen and oxygen atoms in total. The fraction of sp³-hybridized carbons (Fsp3) is 0.500. The SMILES string of the molecule is CCCc1cccc(NC)c1CC. The average molecular weight is 177 g/mol. The Morgan fingerprint density at radius 1 is 1.23 bits per heavy atom. The van der Waals surface area contributed by atoms with E-state index in [1.54, 1.807) is 0 Å². The summed E-state index contributed by atoms with van der Waals surface area (Å²) in [7, 11) is 1.99. The van der Waals surface area contributed by atoms with Crippen LogP contribution < -0.4 is 5.32 Å². The van der Waals surface area contributed by atoms with E-state index in [2.05, 4.69) is 37.4 Å². The Labute approximate surface area is 81.2 Å². The molecule has 72 valence electrons. The minimum Gasteiger partial charge on any atom is -0.388 e. The highest BCUT2D eigenvalue weighted by molar-refractivity contribution is 5.54. The van der Waals surface area contributed by atoms with Crippen molar-refractivity contribution in [1.29, 1.82) is 0 Å². The van der Waals surface area contributed by atoms with Crippen LogP contribution >= 0.6 is 0 Å². The van der Waals surface area contributed by atoms with Crippen LogP contribution in [0.3, 0.4) is 0 Å². The lowest BCUT2D eigenvalue weighted by atomic mass is 9.99. The van der Waals surface area contributed by atoms with Gasteiger partial charge in [-0.25, -0.2) is 0 Å². The van der Waals surface area contributed by atoms with Gasteiger partial charge in [0.2, 0.25) is 0 Å². The zero-order chi connectivity index (χ0) is 9.68. The number of hydrogen-bond donors (Lipinski definition) is 1. The van der Waals surface area contributed by atoms with Gasteiger partial charge in [0.05, 0.1) is 0 Å². The third kappa shape index (κ3) is 2.24. The van der Waals surface area contributed by atoms with Gasteiger partial charge in [0.15, 0.2) is 0 Å². The second-order valence-corrected chi connectivity index (χ2v) is 3.30. The van der Waals surface area contributed by atoms with E-state index in [-0.39, 0.29) is 0 Å². The molecule has 0 spiro atoms. The van der Waals surface area contributed by atoms with Crippen LogP contribution in [0.2, 0.25) is 0 Å². The van der Waals surface area contributed by atoms with Crippen molar-refractivity contribution in [2.75, 3.05) is 12.4 Å². The van der Waals surface area contributed by atoms with Gasteiger partial charge in [0.25, 0.3) is 0 Å². The van der Waals surface area contributed by atoms with Gasteiger partial charge in [-0.05, 0) is 30.0 Å². The maximum atomic E-state index is 3.25. The van der Waals surface area contributed by atoms with Crippen LogP contribution in [-0.4, -0.2) is 7.05 Å². The van der Waals surface area contributed by atoms with Crippen molar-refractivity contribution in [3.63, 3.8) is 0 Å². The smallest absolute Gasteiger partial charge is 0.0372 e. The highest BCUT2D eigenvalue weighted by Crippen LogP contribution is 2.21. The summed E-state index contributed by atoms with van der Waals surface area (Å²) in [5.41, 5.74) is 4.26. The normalized spacial score (nSPS) is 10.1. The van der Waals surface area contributed by atoms with Crippen LogP contribution in [0.1, 0.15) is 31.4 Å². The summed E-state index contributed by atoms with van der Waals surface area (Å²) in [6, 6.07) is 6.52. The van der Waals surface area contributed by atoms with Gasteiger partial charge in [0.1, 0.15) is 0 Å². The third-order valence-corrected chi connectivity index (χ3v) is 2.42. The molecule has 0 saturated heterocycles. The summed E-state index contributed by atoms with van der Waals surface area (Å²) in [5.74, 6) is 0. The number of hydrogen-bond acceptors (Lipinski definition) is 1. The fourth-order valence-corrected chi connectivity index (χ4v) is 1.79. The Morgan fingerprint density at radius 2 is 2.00 bits per heavy atom. The molecule has 0 saturated carbocycles. The first-order chi connectivity index (χ1) is 6.33. The van der Waals surface area contributed by atoms with Crippen molar-refractivity contribution < 1.29 is 0 Å². The van der Waals surface area contributed by atoms with E-state index in [9.17, 15) is 0 Å². The molecule has 1 aromatic rings. The van der Waals surface area contributed by atoms with Gasteiger partial charge in [-0.1, -0.05) is 32.4 Å². The van der Waals surface area contributed by atoms with E-state index in [4.69, 9.17) is 0 Å². The summed E-state index contributed by atoms with van der Waals surface area (Å²) >= 11 is 0. The molecule has 0 aliphatic rings. The molecule has 1 heteroatoms. The molecule has 0 aromatic heterocycles. The Hall–Kier alpha value is -0.980. The van der Waals surface area contributed by atoms with Gasteiger partial charge in [-0.15, -0.1) is 0 Å². The quantitative estimate of drug-likeness (QED) is 0.744. The molecule has 0 aliphatic heterocycles. The van der Waals surface area contributed by atoms with E-state index in [0.29, 0.717) is 0 Å². The van der Waals surface area contributed by atoms with Gasteiger partial charge in [-0.2, -0.15) is 0 Å². The topological polar surface area (TPSA) is 12.0 Å². The Bertz CT molecular complexity index is 266. The first-order valence-electron chi connectivity index (χ1n) is 5.12. The molecule has 0 aliphatic carbocycles. The number of anilines is 1. The Morgan fingerprint density at radius 3 is 2.54 bits per heavy atom. The average Bonchev–Trinajstić information content (AvgIpc) is 2.18. The maximum absolute atomic E-state index is 3.25. The van der Waals surface area contributed by atoms with Crippen LogP contribution in [-0.2, 0) is 12.8 Å². The molecule has 0 fully saturated rings. The molecular formula is C12H19N. The number of aryl methyl sites for hydroxylation is 1. The lowest BCUT2D eigenvalue weighted by Gasteiger charge is -2.12. The summed E-state index contributed by atoms with van der Waals surface area (Å²) in [6.45, 7) is 4.45. The van der Waals surface area contributed by atoms with Crippen LogP contribution in [0.4, 0.5) is 5.69 Å². The highest BCUT2D eigenvalue weighted by Gasteiger charge is 2.03. The summed E-state index contributed by atoms with van der Waals surface area (Å²) in [6.07, 6.45) is 3.53. The minimum atomic E-state index is 1.12. The second kappa shape index (κ2) is 4.90. The predicted molar refractivity (Wildman–Crippen MR) is 59.4 cm³/mol. The molecule has 1 N–H and O–H groups in total. The first kappa shape index (κ1) is 10.1. The summed E-state index contributed by atoms with van der Waals surface area (Å²) in [4.78, 5) is 0. The molecule has 0 amide bonds. The lowest BCUT2D eigenvalue weighted by Crippen LogP contribution is -1.99. The predicted octanol–water partition coefficient (Wildman–Crippen LogP) is 3.24. The Balaban J connectivity index is 3.03. The largest absolute Gasteiger partial charge is 0.388 e. The molecule has 0 unspecified atom stereocenters. The highest BCUT2D eigenvalue weighted by atomic mass is 14.8. The van der Waals surface area contributed by atoms with Crippen molar-refractivity contribution in [3.05, 3.63) is 29.3 Å². The molecule has 0 atom stereocenters. The van der Waals surface area contributed by atoms with Crippen LogP contribution in [0.15, 0.2) is 18.2 Å². The van der Waals surface area contributed by atoms with Crippen LogP contribution in [0.5, 0.6) is 0 Å². The van der Waals surface area contributed by atoms with E-state index in [1.807, 2.05) is 7.05 Å². The number of rotatable bonds is 4. The lowest BCUT2D eigenvalue weighted by molar-refractivity contribution is 0.900. The standard InChI is InChI=1S/C12H19N/c1-4-7-10-8-6-9-12(13-3)11(10)5-2/h6,8-9,13H,4-5,7H2,1-3H3. The van der Waals surface area contributed by atoms with Gasteiger partial charge in [-0.3, -0.25) is 0 Å². The Kier molecular flexibility index (Phi) is 3.81. The molecule has 13 heavy (non-hydrogen) atoms. The van der Waals surface area contributed by atoms with Gasteiger partial charge < -0.3 is 5.32 Å². The molecule has 0 bridgehead atoms. The molecule has 1 aromatic carbocycles. The first-order valence-corrected chi connectivity index (χ1v) is 5.12. The van der Waals surface area contributed by atoms with E-state index in [1.165, 1.54) is 29.7 Å². The van der Waals surface area contributed by atoms with E-state index >= 15 is 0 Å². The van der Waals surface area contributed by atoms with Crippen molar-refractivity contribution in [3.8, 4) is 0 Å². The van der Waals surface area contributed by atoms with Crippen molar-refractivity contribution in [1.82, 2.24) is 0 Å². The van der Waals surface area contributed by atoms with Crippen molar-refractivity contribution in [2.24, 2.45) is 0 Å². The van der Waals surface area contributed by atoms with Gasteiger partial charge in [0, 0.05) is 12.7 Å². The van der Waals surface area contributed by atoms with Crippen LogP contribution in [0, 0.1) is 0 Å². The fourth-order valence-electron chi connectivity index (χ4n) is 1.79. The van der Waals surface area contributed by atoms with Crippen molar-refractivity contribution in [2.45, 2.75) is 33.1 Å².